The van der Waals surface area contributed by atoms with Crippen LogP contribution in [0.3, 0.4) is 0 Å². The van der Waals surface area contributed by atoms with Gasteiger partial charge in [0.05, 0.1) is 32.7 Å². The first-order chi connectivity index (χ1) is 16.8. The van der Waals surface area contributed by atoms with E-state index in [1.54, 1.807) is 42.9 Å². The van der Waals surface area contributed by atoms with Crippen molar-refractivity contribution >= 4 is 23.6 Å². The molecular formula is C25H27N3O7. The van der Waals surface area contributed by atoms with Crippen LogP contribution >= 0.6 is 0 Å². The molecule has 1 heterocycles. The maximum Gasteiger partial charge on any atom is 0.331 e. The first-order valence-corrected chi connectivity index (χ1v) is 10.6. The maximum absolute atomic E-state index is 12.9. The maximum atomic E-state index is 12.9. The molecule has 0 spiro atoms. The van der Waals surface area contributed by atoms with Crippen LogP contribution in [0.5, 0.6) is 17.2 Å². The van der Waals surface area contributed by atoms with Crippen LogP contribution in [0.2, 0.25) is 0 Å². The van der Waals surface area contributed by atoms with Crippen molar-refractivity contribution in [2.24, 2.45) is 7.05 Å². The van der Waals surface area contributed by atoms with Crippen LogP contribution in [0.25, 0.3) is 11.8 Å². The van der Waals surface area contributed by atoms with E-state index in [-0.39, 0.29) is 5.69 Å². The van der Waals surface area contributed by atoms with Gasteiger partial charge in [-0.1, -0.05) is 18.2 Å². The summed E-state index contributed by atoms with van der Waals surface area (Å²) in [6.45, 7) is 1.15. The van der Waals surface area contributed by atoms with E-state index in [9.17, 15) is 14.4 Å². The minimum atomic E-state index is -0.736. The van der Waals surface area contributed by atoms with E-state index in [0.717, 1.165) is 0 Å². The molecule has 0 fully saturated rings. The van der Waals surface area contributed by atoms with Gasteiger partial charge in [-0.2, -0.15) is 0 Å². The summed E-state index contributed by atoms with van der Waals surface area (Å²) < 4.78 is 23.9. The Morgan fingerprint density at radius 1 is 1.00 bits per heavy atom. The number of amides is 1. The summed E-state index contributed by atoms with van der Waals surface area (Å²) >= 11 is 0. The lowest BCUT2D eigenvalue weighted by atomic mass is 10.1. The van der Waals surface area contributed by atoms with Crippen LogP contribution < -0.4 is 25.1 Å². The second-order valence-electron chi connectivity index (χ2n) is 7.38. The van der Waals surface area contributed by atoms with Crippen LogP contribution in [-0.4, -0.2) is 49.2 Å². The van der Waals surface area contributed by atoms with E-state index in [4.69, 9.17) is 18.9 Å². The van der Waals surface area contributed by atoms with Gasteiger partial charge in [0.25, 0.3) is 11.5 Å². The van der Waals surface area contributed by atoms with Gasteiger partial charge in [-0.3, -0.25) is 14.3 Å². The summed E-state index contributed by atoms with van der Waals surface area (Å²) in [5.41, 5.74) is 1.54. The Labute approximate surface area is 202 Å². The number of rotatable bonds is 9. The molecule has 1 amide bonds. The van der Waals surface area contributed by atoms with Gasteiger partial charge >= 0.3 is 5.97 Å². The number of aromatic nitrogens is 2. The number of methoxy groups -OCH3 is 3. The van der Waals surface area contributed by atoms with Gasteiger partial charge in [0.15, 0.2) is 18.1 Å². The van der Waals surface area contributed by atoms with Crippen LogP contribution in [0.15, 0.2) is 53.3 Å². The zero-order chi connectivity index (χ0) is 25.5. The molecular weight excluding hydrogens is 454 g/mol. The van der Waals surface area contributed by atoms with Crippen molar-refractivity contribution in [2.45, 2.75) is 6.92 Å². The van der Waals surface area contributed by atoms with E-state index in [1.165, 1.54) is 38.2 Å². The van der Waals surface area contributed by atoms with Gasteiger partial charge in [0.2, 0.25) is 5.75 Å². The fraction of sp³-hybridized carbons (Fsp3) is 0.240. The lowest BCUT2D eigenvalue weighted by molar-refractivity contribution is -0.142. The zero-order valence-electron chi connectivity index (χ0n) is 20.2. The first kappa shape index (κ1) is 25.2. The average molecular weight is 482 g/mol. The molecule has 10 nitrogen and oxygen atoms in total. The average Bonchev–Trinajstić information content (AvgIpc) is 3.08. The van der Waals surface area contributed by atoms with Crippen LogP contribution in [0.4, 0.5) is 5.69 Å². The Balaban J connectivity index is 1.66. The molecule has 0 aliphatic heterocycles. The minimum Gasteiger partial charge on any atom is -0.493 e. The van der Waals surface area contributed by atoms with E-state index < -0.39 is 24.0 Å². The monoisotopic (exact) mass is 481 g/mol. The topological polar surface area (TPSA) is 110 Å². The van der Waals surface area contributed by atoms with Gasteiger partial charge in [-0.05, 0) is 42.8 Å². The quantitative estimate of drug-likeness (QED) is 0.370. The molecule has 184 valence electrons. The van der Waals surface area contributed by atoms with Gasteiger partial charge < -0.3 is 24.3 Å². The number of ether oxygens (including phenoxy) is 4. The largest absolute Gasteiger partial charge is 0.493 e. The Kier molecular flexibility index (Phi) is 7.98. The first-order valence-electron chi connectivity index (χ1n) is 10.6. The molecule has 2 aromatic carbocycles. The fourth-order valence-corrected chi connectivity index (χ4v) is 3.43. The van der Waals surface area contributed by atoms with Crippen LogP contribution in [0, 0.1) is 6.92 Å². The van der Waals surface area contributed by atoms with E-state index in [2.05, 4.69) is 5.32 Å². The van der Waals surface area contributed by atoms with Gasteiger partial charge in [-0.15, -0.1) is 0 Å². The molecule has 0 aliphatic rings. The Hall–Kier alpha value is -4.47. The van der Waals surface area contributed by atoms with Crippen molar-refractivity contribution < 1.29 is 28.5 Å². The summed E-state index contributed by atoms with van der Waals surface area (Å²) in [5.74, 6) is -0.0860. The molecule has 0 aliphatic carbocycles. The van der Waals surface area contributed by atoms with Crippen molar-refractivity contribution in [3.63, 3.8) is 0 Å². The number of esters is 1. The van der Waals surface area contributed by atoms with Crippen molar-refractivity contribution in [1.29, 1.82) is 0 Å². The number of hydrogen-bond donors (Lipinski definition) is 1. The smallest absolute Gasteiger partial charge is 0.331 e. The molecule has 0 saturated carbocycles. The highest BCUT2D eigenvalue weighted by Gasteiger charge is 2.18. The Morgan fingerprint density at radius 2 is 1.63 bits per heavy atom. The van der Waals surface area contributed by atoms with Gasteiger partial charge in [0, 0.05) is 13.1 Å². The second-order valence-corrected chi connectivity index (χ2v) is 7.38. The Morgan fingerprint density at radius 3 is 2.20 bits per heavy atom. The number of para-hydroxylation sites is 1. The van der Waals surface area contributed by atoms with E-state index in [1.807, 2.05) is 18.2 Å². The van der Waals surface area contributed by atoms with Gasteiger partial charge in [-0.25, -0.2) is 9.48 Å². The summed E-state index contributed by atoms with van der Waals surface area (Å²) in [6, 6.07) is 12.4. The standard InChI is InChI=1S/C25H27N3O7/c1-16-23(25(31)28(27(16)2)18-9-7-6-8-10-18)26-21(29)15-35-22(30)12-11-17-13-19(32-3)24(34-5)20(14-17)33-4/h6-14H,15H2,1-5H3,(H,26,29)/b12-11+. The van der Waals surface area contributed by atoms with E-state index in [0.29, 0.717) is 34.2 Å². The lowest BCUT2D eigenvalue weighted by Crippen LogP contribution is -2.25. The third kappa shape index (κ3) is 5.55. The molecule has 0 bridgehead atoms. The van der Waals surface area contributed by atoms with Crippen LogP contribution in [-0.2, 0) is 21.4 Å². The van der Waals surface area contributed by atoms with Crippen molar-refractivity contribution in [1.82, 2.24) is 9.36 Å². The molecule has 0 unspecified atom stereocenters. The predicted molar refractivity (Wildman–Crippen MR) is 130 cm³/mol. The zero-order valence-corrected chi connectivity index (χ0v) is 20.2. The predicted octanol–water partition coefficient (Wildman–Crippen LogP) is 2.71. The molecule has 3 rings (SSSR count). The number of carbonyl (C=O) groups excluding carboxylic acids is 2. The van der Waals surface area contributed by atoms with Crippen molar-refractivity contribution in [3.05, 3.63) is 70.2 Å². The number of nitrogens with zero attached hydrogens (tertiary/aromatic N) is 2. The highest BCUT2D eigenvalue weighted by atomic mass is 16.5. The van der Waals surface area contributed by atoms with Crippen molar-refractivity contribution in [3.8, 4) is 22.9 Å². The highest BCUT2D eigenvalue weighted by Crippen LogP contribution is 2.38. The molecule has 0 radical (unpaired) electrons. The van der Waals surface area contributed by atoms with Crippen molar-refractivity contribution in [2.75, 3.05) is 33.3 Å². The van der Waals surface area contributed by atoms with Gasteiger partial charge in [0.1, 0.15) is 5.69 Å². The fourth-order valence-electron chi connectivity index (χ4n) is 3.43. The molecule has 0 saturated heterocycles. The summed E-state index contributed by atoms with van der Waals surface area (Å²) in [4.78, 5) is 37.4. The molecule has 35 heavy (non-hydrogen) atoms. The number of hydrogen-bond acceptors (Lipinski definition) is 7. The molecule has 1 N–H and O–H groups in total. The number of anilines is 1. The minimum absolute atomic E-state index is 0.116. The normalized spacial score (nSPS) is 10.8. The SMILES string of the molecule is COc1cc(/C=C/C(=O)OCC(=O)Nc2c(C)n(C)n(-c3ccccc3)c2=O)cc(OC)c1OC. The summed E-state index contributed by atoms with van der Waals surface area (Å²) in [5, 5.41) is 2.54. The summed E-state index contributed by atoms with van der Waals surface area (Å²) in [7, 11) is 6.18. The third-order valence-corrected chi connectivity index (χ3v) is 5.26. The number of benzene rings is 2. The molecule has 3 aromatic rings. The number of carbonyl (C=O) groups is 2. The van der Waals surface area contributed by atoms with E-state index >= 15 is 0 Å². The number of nitrogens with one attached hydrogen (secondary N) is 1. The second kappa shape index (κ2) is 11.1. The third-order valence-electron chi connectivity index (χ3n) is 5.26. The summed E-state index contributed by atoms with van der Waals surface area (Å²) in [6.07, 6.45) is 2.66. The molecule has 0 atom stereocenters. The highest BCUT2D eigenvalue weighted by molar-refractivity contribution is 5.95. The molecule has 1 aromatic heterocycles. The Bertz CT molecular complexity index is 1280. The lowest BCUT2D eigenvalue weighted by Gasteiger charge is -2.12. The van der Waals surface area contributed by atoms with Crippen LogP contribution in [0.1, 0.15) is 11.3 Å². The molecule has 10 heteroatoms.